The van der Waals surface area contributed by atoms with Crippen LogP contribution in [0.4, 0.5) is 0 Å². The molecule has 0 heterocycles. The Bertz CT molecular complexity index is 2560. The minimum Gasteiger partial charge on any atom is -0.462 e. The van der Waals surface area contributed by atoms with Crippen LogP contribution < -0.4 is 0 Å². The third-order valence-electron chi connectivity index (χ3n) is 17.6. The number of rotatable bonds is 79. The van der Waals surface area contributed by atoms with Gasteiger partial charge in [0.25, 0.3) is 0 Å². The van der Waals surface area contributed by atoms with Gasteiger partial charge in [0.05, 0.1) is 26.4 Å². The summed E-state index contributed by atoms with van der Waals surface area (Å²) in [4.78, 5) is 73.2. The van der Waals surface area contributed by atoms with E-state index < -0.39 is 97.5 Å². The molecule has 0 aliphatic heterocycles. The van der Waals surface area contributed by atoms with Gasteiger partial charge in [-0.2, -0.15) is 0 Å². The van der Waals surface area contributed by atoms with Crippen LogP contribution in [0, 0.1) is 0 Å². The zero-order valence-corrected chi connectivity index (χ0v) is 69.8. The molecule has 0 fully saturated rings. The number of carbonyl (C=O) groups excluding carboxylic acids is 4. The predicted molar refractivity (Wildman–Crippen MR) is 445 cm³/mol. The summed E-state index contributed by atoms with van der Waals surface area (Å²) in [6, 6.07) is 0. The number of aliphatic hydroxyl groups excluding tert-OH is 1. The number of allylic oxidation sites excluding steroid dienone is 22. The average molecular weight is 1560 g/mol. The summed E-state index contributed by atoms with van der Waals surface area (Å²) in [7, 11) is -10.0. The number of hydrogen-bond donors (Lipinski definition) is 3. The number of hydrogen-bond acceptors (Lipinski definition) is 15. The maximum atomic E-state index is 13.1. The molecule has 0 saturated heterocycles. The number of carbonyl (C=O) groups is 4. The SMILES string of the molecule is CC/C=C\C/C=C\C/C=C\C/C=C\C/C=C\CCCCCC(=O)OC[C@H](COP(=O)(O)OC[C@@H](O)COP(=O)(O)OC[C@@H](COC(=O)CCCCCCCCCCCCCCCCC)OC(=O)CCCCCCC/C=C\CCCCCCCC)OC(=O)CC/C=C\C/C=C\C/C=C\C/C=C\C/C=C\CCCCC. The van der Waals surface area contributed by atoms with E-state index in [-0.39, 0.29) is 25.7 Å². The van der Waals surface area contributed by atoms with E-state index in [1.54, 1.807) is 0 Å². The normalized spacial score (nSPS) is 14.5. The number of ether oxygens (including phenoxy) is 4. The molecule has 0 aromatic rings. The molecule has 0 aromatic carbocycles. The largest absolute Gasteiger partial charge is 0.472 e. The summed E-state index contributed by atoms with van der Waals surface area (Å²) >= 11 is 0. The fraction of sp³-hybridized carbons (Fsp3) is 0.708. The Labute approximate surface area is 656 Å². The highest BCUT2D eigenvalue weighted by Gasteiger charge is 2.30. The van der Waals surface area contributed by atoms with Crippen molar-refractivity contribution in [3.8, 4) is 0 Å². The van der Waals surface area contributed by atoms with E-state index in [0.717, 1.165) is 135 Å². The van der Waals surface area contributed by atoms with Crippen LogP contribution in [0.3, 0.4) is 0 Å². The molecule has 108 heavy (non-hydrogen) atoms. The van der Waals surface area contributed by atoms with Crippen LogP contribution in [0.15, 0.2) is 134 Å². The Hall–Kier alpha value is -4.80. The van der Waals surface area contributed by atoms with Crippen LogP contribution >= 0.6 is 15.6 Å². The molecule has 0 bridgehead atoms. The second-order valence-corrected chi connectivity index (χ2v) is 30.9. The maximum absolute atomic E-state index is 13.1. The van der Waals surface area contributed by atoms with E-state index in [9.17, 15) is 43.2 Å². The molecular formula is C89H152O17P2. The summed E-state index contributed by atoms with van der Waals surface area (Å²) < 4.78 is 68.7. The van der Waals surface area contributed by atoms with Gasteiger partial charge in [0, 0.05) is 25.7 Å². The lowest BCUT2D eigenvalue weighted by molar-refractivity contribution is -0.161. The molecule has 0 radical (unpaired) electrons. The molecule has 3 N–H and O–H groups in total. The Balaban J connectivity index is 5.48. The number of esters is 4. The van der Waals surface area contributed by atoms with Gasteiger partial charge in [-0.1, -0.05) is 322 Å². The first-order valence-corrected chi connectivity index (χ1v) is 45.4. The molecule has 0 saturated carbocycles. The summed E-state index contributed by atoms with van der Waals surface area (Å²) in [6.45, 7) is 4.64. The van der Waals surface area contributed by atoms with Gasteiger partial charge >= 0.3 is 39.5 Å². The van der Waals surface area contributed by atoms with Crippen molar-refractivity contribution in [1.29, 1.82) is 0 Å². The van der Waals surface area contributed by atoms with Crippen molar-refractivity contribution < 1.29 is 80.2 Å². The Morgan fingerprint density at radius 1 is 0.269 bits per heavy atom. The third-order valence-corrected chi connectivity index (χ3v) is 19.5. The smallest absolute Gasteiger partial charge is 0.462 e. The lowest BCUT2D eigenvalue weighted by atomic mass is 10.0. The maximum Gasteiger partial charge on any atom is 0.472 e. The number of unbranched alkanes of at least 4 members (excludes halogenated alkanes) is 31. The number of phosphoric ester groups is 2. The van der Waals surface area contributed by atoms with E-state index in [1.807, 2.05) is 18.2 Å². The number of phosphoric acid groups is 2. The summed E-state index contributed by atoms with van der Waals surface area (Å²) in [6.07, 6.45) is 91.5. The molecule has 17 nitrogen and oxygen atoms in total. The van der Waals surface area contributed by atoms with Crippen molar-refractivity contribution in [1.82, 2.24) is 0 Å². The van der Waals surface area contributed by atoms with Crippen LogP contribution in [-0.4, -0.2) is 96.7 Å². The molecular weight excluding hydrogens is 1400 g/mol. The Kier molecular flexibility index (Phi) is 76.7. The predicted octanol–water partition coefficient (Wildman–Crippen LogP) is 25.2. The van der Waals surface area contributed by atoms with Gasteiger partial charge in [0.2, 0.25) is 0 Å². The van der Waals surface area contributed by atoms with E-state index in [1.165, 1.54) is 128 Å². The summed E-state index contributed by atoms with van der Waals surface area (Å²) in [5.41, 5.74) is 0. The van der Waals surface area contributed by atoms with Gasteiger partial charge < -0.3 is 33.8 Å². The number of aliphatic hydroxyl groups is 1. The first kappa shape index (κ1) is 103. The second kappa shape index (κ2) is 80.3. The van der Waals surface area contributed by atoms with E-state index >= 15 is 0 Å². The van der Waals surface area contributed by atoms with Crippen LogP contribution in [-0.2, 0) is 65.4 Å². The molecule has 0 spiro atoms. The lowest BCUT2D eigenvalue weighted by Gasteiger charge is -2.21. The quantitative estimate of drug-likeness (QED) is 0.0169. The molecule has 0 aliphatic carbocycles. The molecule has 5 atom stereocenters. The van der Waals surface area contributed by atoms with Crippen molar-refractivity contribution in [3.05, 3.63) is 134 Å². The fourth-order valence-corrected chi connectivity index (χ4v) is 12.7. The van der Waals surface area contributed by atoms with Gasteiger partial charge in [0.1, 0.15) is 19.3 Å². The zero-order valence-electron chi connectivity index (χ0n) is 68.0. The minimum atomic E-state index is -5.01. The van der Waals surface area contributed by atoms with Crippen molar-refractivity contribution >= 4 is 39.5 Å². The molecule has 0 aliphatic rings. The van der Waals surface area contributed by atoms with Gasteiger partial charge in [-0.15, -0.1) is 0 Å². The molecule has 0 rings (SSSR count). The van der Waals surface area contributed by atoms with E-state index in [0.29, 0.717) is 32.1 Å². The van der Waals surface area contributed by atoms with E-state index in [4.69, 9.17) is 37.0 Å². The molecule has 19 heteroatoms. The van der Waals surface area contributed by atoms with Crippen molar-refractivity contribution in [3.63, 3.8) is 0 Å². The molecule has 0 amide bonds. The standard InChI is InChI=1S/C89H152O17P2/c1-5-9-13-17-21-25-29-33-37-39-41-43-47-50-54-58-62-66-70-74-87(92)100-80-85(106-89(94)76-72-68-64-60-56-52-48-44-42-40-38-34-30-26-22-18-14-10-6-2)82-104-108(97,98)102-78-83(90)77-101-107(95,96)103-81-84(105-88(93)75-71-67-63-59-55-51-46-36-32-28-24-20-16-12-8-4)79-99-86(91)73-69-65-61-57-53-49-45-35-31-27-23-19-15-11-7-3/h9,13,21-22,25-26,33-34,36-38,41-44,46,50,52,54,56,64,68,83-85,90H,5-8,10-12,14-20,23-24,27-32,35,39-40,45,47-49,51,53,55,57-63,65-67,69-82H2,1-4H3,(H,95,96)(H,97,98)/b13-9-,25-21-,26-22-,37-33-,38-34-,43-41-,44-42-,46-36-,54-50-,56-52-,68-64-/t83-,84+,85+/m0/s1. The van der Waals surface area contributed by atoms with Gasteiger partial charge in [-0.25, -0.2) is 9.13 Å². The van der Waals surface area contributed by atoms with Crippen LogP contribution in [0.1, 0.15) is 349 Å². The van der Waals surface area contributed by atoms with Crippen molar-refractivity contribution in [2.75, 3.05) is 39.6 Å². The first-order valence-electron chi connectivity index (χ1n) is 42.4. The summed E-state index contributed by atoms with van der Waals surface area (Å²) in [5.74, 6) is -2.31. The van der Waals surface area contributed by atoms with E-state index in [2.05, 4.69) is 143 Å². The highest BCUT2D eigenvalue weighted by atomic mass is 31.2. The van der Waals surface area contributed by atoms with Gasteiger partial charge in [0.15, 0.2) is 12.2 Å². The van der Waals surface area contributed by atoms with Crippen LogP contribution in [0.25, 0.3) is 0 Å². The Morgan fingerprint density at radius 2 is 0.500 bits per heavy atom. The second-order valence-electron chi connectivity index (χ2n) is 28.0. The highest BCUT2D eigenvalue weighted by molar-refractivity contribution is 7.47. The van der Waals surface area contributed by atoms with Gasteiger partial charge in [-0.05, 0) is 135 Å². The van der Waals surface area contributed by atoms with Crippen molar-refractivity contribution in [2.24, 2.45) is 0 Å². The van der Waals surface area contributed by atoms with Crippen LogP contribution in [0.5, 0.6) is 0 Å². The molecule has 2 unspecified atom stereocenters. The average Bonchev–Trinajstić information content (AvgIpc) is 0.896. The van der Waals surface area contributed by atoms with Gasteiger partial charge in [-0.3, -0.25) is 37.3 Å². The molecule has 620 valence electrons. The van der Waals surface area contributed by atoms with Crippen molar-refractivity contribution in [2.45, 2.75) is 367 Å². The third kappa shape index (κ3) is 79.3. The topological polar surface area (TPSA) is 237 Å². The minimum absolute atomic E-state index is 0.0393. The monoisotopic (exact) mass is 1560 g/mol. The summed E-state index contributed by atoms with van der Waals surface area (Å²) in [5, 5.41) is 10.7. The zero-order chi connectivity index (χ0) is 78.9. The first-order chi connectivity index (χ1) is 52.7. The lowest BCUT2D eigenvalue weighted by Crippen LogP contribution is -2.30. The van der Waals surface area contributed by atoms with Crippen LogP contribution in [0.2, 0.25) is 0 Å². The highest BCUT2D eigenvalue weighted by Crippen LogP contribution is 2.45. The fourth-order valence-electron chi connectivity index (χ4n) is 11.2. The Morgan fingerprint density at radius 3 is 0.833 bits per heavy atom. The molecule has 0 aromatic heterocycles.